The van der Waals surface area contributed by atoms with Gasteiger partial charge in [0, 0.05) is 16.4 Å². The molecule has 0 aliphatic rings. The minimum absolute atomic E-state index is 0.0228. The second kappa shape index (κ2) is 7.07. The number of benzene rings is 1. The molecule has 2 aromatic rings. The number of nitrogens with one attached hydrogen (secondary N) is 1. The van der Waals surface area contributed by atoms with E-state index < -0.39 is 0 Å². The molecule has 0 bridgehead atoms. The number of hydrogen-bond acceptors (Lipinski definition) is 4. The van der Waals surface area contributed by atoms with E-state index in [4.69, 9.17) is 21.6 Å². The maximum absolute atomic E-state index is 12.1. The molecule has 7 heteroatoms. The molecule has 0 unspecified atom stereocenters. The fraction of sp³-hybridized carbons (Fsp3) is 0.0714. The number of rotatable bonds is 4. The Morgan fingerprint density at radius 3 is 2.81 bits per heavy atom. The van der Waals surface area contributed by atoms with Crippen LogP contribution < -0.4 is 10.1 Å². The number of aromatic nitrogens is 1. The van der Waals surface area contributed by atoms with Gasteiger partial charge in [-0.25, -0.2) is 4.98 Å². The van der Waals surface area contributed by atoms with E-state index in [1.807, 2.05) is 6.07 Å². The third-order valence-electron chi connectivity index (χ3n) is 2.47. The maximum Gasteiger partial charge on any atom is 0.258 e. The predicted molar refractivity (Wildman–Crippen MR) is 82.5 cm³/mol. The van der Waals surface area contributed by atoms with Gasteiger partial charge in [-0.3, -0.25) is 4.79 Å². The number of carbonyl (C=O) groups excluding carboxylic acids is 1. The molecule has 0 atom stereocenters. The molecule has 0 saturated carbocycles. The summed E-state index contributed by atoms with van der Waals surface area (Å²) >= 11 is 9.14. The van der Waals surface area contributed by atoms with Crippen LogP contribution in [0.1, 0.15) is 10.4 Å². The quantitative estimate of drug-likeness (QED) is 0.838. The average Bonchev–Trinajstić information content (AvgIpc) is 2.49. The molecule has 2 rings (SSSR count). The van der Waals surface area contributed by atoms with E-state index in [0.717, 1.165) is 0 Å². The first-order valence-corrected chi connectivity index (χ1v) is 6.99. The third-order valence-corrected chi connectivity index (χ3v) is 3.20. The number of halogens is 2. The van der Waals surface area contributed by atoms with Crippen molar-refractivity contribution in [3.05, 3.63) is 51.7 Å². The zero-order valence-corrected chi connectivity index (χ0v) is 13.0. The first-order chi connectivity index (χ1) is 10.1. The number of nitrogens with zero attached hydrogens (tertiary/aromatic N) is 2. The van der Waals surface area contributed by atoms with Gasteiger partial charge >= 0.3 is 0 Å². The summed E-state index contributed by atoms with van der Waals surface area (Å²) in [6.45, 7) is -0.0228. The summed E-state index contributed by atoms with van der Waals surface area (Å²) in [5, 5.41) is 11.3. The molecule has 0 aliphatic carbocycles. The van der Waals surface area contributed by atoms with E-state index in [1.165, 1.54) is 6.20 Å². The summed E-state index contributed by atoms with van der Waals surface area (Å²) in [6, 6.07) is 10.1. The number of carbonyl (C=O) groups is 1. The van der Waals surface area contributed by atoms with Crippen LogP contribution in [-0.2, 0) is 0 Å². The van der Waals surface area contributed by atoms with Crippen molar-refractivity contribution in [2.24, 2.45) is 0 Å². The van der Waals surface area contributed by atoms with Crippen LogP contribution in [0.3, 0.4) is 0 Å². The zero-order valence-electron chi connectivity index (χ0n) is 10.6. The Morgan fingerprint density at radius 1 is 1.43 bits per heavy atom. The Balaban J connectivity index is 2.09. The molecule has 21 heavy (non-hydrogen) atoms. The minimum Gasteiger partial charge on any atom is -0.479 e. The van der Waals surface area contributed by atoms with E-state index in [0.29, 0.717) is 15.9 Å². The monoisotopic (exact) mass is 365 g/mol. The summed E-state index contributed by atoms with van der Waals surface area (Å²) in [5.74, 6) is 0.191. The van der Waals surface area contributed by atoms with Gasteiger partial charge in [0.15, 0.2) is 6.61 Å². The molecule has 0 spiro atoms. The van der Waals surface area contributed by atoms with Crippen molar-refractivity contribution in [1.29, 1.82) is 5.26 Å². The van der Waals surface area contributed by atoms with Gasteiger partial charge in [0.05, 0.1) is 5.56 Å². The molecule has 0 saturated heterocycles. The number of hydrogen-bond donors (Lipinski definition) is 1. The normalized spacial score (nSPS) is 9.76. The van der Waals surface area contributed by atoms with Crippen LogP contribution in [0.4, 0.5) is 5.69 Å². The molecule has 1 amide bonds. The second-order valence-corrected chi connectivity index (χ2v) is 5.19. The number of pyridine rings is 1. The van der Waals surface area contributed by atoms with Crippen molar-refractivity contribution in [2.75, 3.05) is 11.9 Å². The Bertz CT molecular complexity index is 698. The van der Waals surface area contributed by atoms with Gasteiger partial charge in [0.1, 0.15) is 17.0 Å². The SMILES string of the molecule is N#CCOc1ccc(NC(=O)c2cc(Br)cnc2Cl)cc1. The topological polar surface area (TPSA) is 75.0 Å². The van der Waals surface area contributed by atoms with Crippen molar-refractivity contribution in [3.8, 4) is 11.8 Å². The van der Waals surface area contributed by atoms with Crippen LogP contribution >= 0.6 is 27.5 Å². The standard InChI is InChI=1S/C14H9BrClN3O2/c15-9-7-12(13(16)18-8-9)14(20)19-10-1-3-11(4-2-10)21-6-5-17/h1-4,7-8H,6H2,(H,19,20). The fourth-order valence-corrected chi connectivity index (χ4v) is 2.05. The molecule has 0 fully saturated rings. The fourth-order valence-electron chi connectivity index (χ4n) is 1.53. The van der Waals surface area contributed by atoms with Crippen molar-refractivity contribution < 1.29 is 9.53 Å². The van der Waals surface area contributed by atoms with Gasteiger partial charge in [-0.05, 0) is 46.3 Å². The van der Waals surface area contributed by atoms with Crippen LogP contribution in [0, 0.1) is 11.3 Å². The summed E-state index contributed by atoms with van der Waals surface area (Å²) in [4.78, 5) is 16.0. The van der Waals surface area contributed by atoms with Crippen molar-refractivity contribution in [2.45, 2.75) is 0 Å². The lowest BCUT2D eigenvalue weighted by atomic mass is 10.2. The van der Waals surface area contributed by atoms with E-state index in [1.54, 1.807) is 30.3 Å². The van der Waals surface area contributed by atoms with Gasteiger partial charge in [-0.1, -0.05) is 11.6 Å². The largest absolute Gasteiger partial charge is 0.479 e. The van der Waals surface area contributed by atoms with E-state index in [2.05, 4.69) is 26.2 Å². The van der Waals surface area contributed by atoms with Crippen LogP contribution in [0.15, 0.2) is 41.0 Å². The van der Waals surface area contributed by atoms with Crippen LogP contribution in [-0.4, -0.2) is 17.5 Å². The predicted octanol–water partition coefficient (Wildman–Crippen LogP) is 3.65. The lowest BCUT2D eigenvalue weighted by Gasteiger charge is -2.08. The number of amides is 1. The highest BCUT2D eigenvalue weighted by atomic mass is 79.9. The minimum atomic E-state index is -0.362. The maximum atomic E-state index is 12.1. The molecule has 0 aliphatic heterocycles. The molecule has 1 heterocycles. The molecule has 106 valence electrons. The highest BCUT2D eigenvalue weighted by Gasteiger charge is 2.12. The molecular weight excluding hydrogens is 358 g/mol. The second-order valence-electron chi connectivity index (χ2n) is 3.92. The highest BCUT2D eigenvalue weighted by Crippen LogP contribution is 2.21. The van der Waals surface area contributed by atoms with Gasteiger partial charge in [0.25, 0.3) is 5.91 Å². The summed E-state index contributed by atoms with van der Waals surface area (Å²) in [7, 11) is 0. The molecular formula is C14H9BrClN3O2. The Morgan fingerprint density at radius 2 is 2.14 bits per heavy atom. The molecule has 1 aromatic heterocycles. The average molecular weight is 367 g/mol. The lowest BCUT2D eigenvalue weighted by Crippen LogP contribution is -2.13. The van der Waals surface area contributed by atoms with E-state index in [-0.39, 0.29) is 23.2 Å². The third kappa shape index (κ3) is 4.18. The lowest BCUT2D eigenvalue weighted by molar-refractivity contribution is 0.102. The van der Waals surface area contributed by atoms with Gasteiger partial charge in [-0.15, -0.1) is 0 Å². The Kier molecular flexibility index (Phi) is 5.14. The summed E-state index contributed by atoms with van der Waals surface area (Å²) in [5.41, 5.74) is 0.858. The first-order valence-electron chi connectivity index (χ1n) is 5.82. The van der Waals surface area contributed by atoms with E-state index >= 15 is 0 Å². The van der Waals surface area contributed by atoms with Gasteiger partial charge in [-0.2, -0.15) is 5.26 Å². The smallest absolute Gasteiger partial charge is 0.258 e. The first kappa shape index (κ1) is 15.3. The van der Waals surface area contributed by atoms with Crippen LogP contribution in [0.2, 0.25) is 5.15 Å². The van der Waals surface area contributed by atoms with Gasteiger partial charge < -0.3 is 10.1 Å². The number of nitriles is 1. The van der Waals surface area contributed by atoms with Crippen molar-refractivity contribution in [1.82, 2.24) is 4.98 Å². The van der Waals surface area contributed by atoms with Gasteiger partial charge in [0.2, 0.25) is 0 Å². The molecule has 5 nitrogen and oxygen atoms in total. The number of ether oxygens (including phenoxy) is 1. The summed E-state index contributed by atoms with van der Waals surface area (Å²) < 4.78 is 5.79. The van der Waals surface area contributed by atoms with E-state index in [9.17, 15) is 4.79 Å². The molecule has 0 radical (unpaired) electrons. The Labute approximate surface area is 134 Å². The highest BCUT2D eigenvalue weighted by molar-refractivity contribution is 9.10. The molecule has 1 N–H and O–H groups in total. The Hall–Kier alpha value is -2.10. The van der Waals surface area contributed by atoms with Crippen molar-refractivity contribution >= 4 is 39.1 Å². The van der Waals surface area contributed by atoms with Crippen LogP contribution in [0.5, 0.6) is 5.75 Å². The van der Waals surface area contributed by atoms with Crippen molar-refractivity contribution in [3.63, 3.8) is 0 Å². The zero-order chi connectivity index (χ0) is 15.2. The summed E-state index contributed by atoms with van der Waals surface area (Å²) in [6.07, 6.45) is 1.51. The molecule has 1 aromatic carbocycles. The van der Waals surface area contributed by atoms with Crippen LogP contribution in [0.25, 0.3) is 0 Å². The number of anilines is 1.